The van der Waals surface area contributed by atoms with Gasteiger partial charge in [0.1, 0.15) is 11.4 Å². The molecule has 0 saturated heterocycles. The van der Waals surface area contributed by atoms with Gasteiger partial charge in [0.2, 0.25) is 5.91 Å². The predicted octanol–water partition coefficient (Wildman–Crippen LogP) is 5.79. The lowest BCUT2D eigenvalue weighted by atomic mass is 9.80. The number of hydrogen-bond donors (Lipinski definition) is 0. The van der Waals surface area contributed by atoms with E-state index < -0.39 is 0 Å². The summed E-state index contributed by atoms with van der Waals surface area (Å²) in [6.45, 7) is 2.72. The molecule has 0 N–H and O–H groups in total. The van der Waals surface area contributed by atoms with Crippen molar-refractivity contribution in [2.45, 2.75) is 102 Å². The summed E-state index contributed by atoms with van der Waals surface area (Å²) in [5, 5.41) is 0. The molecule has 0 bridgehead atoms. The standard InChI is InChI=1S/C28H42N2O2/c1-29(19-22-9-5-3-2-4-6-10-22)25-15-17-28(18-16-25)21-30(27(31)23-13-14-23)20-24-11-7-8-12-26(24)32-28/h7-8,11-12,22-23,25H,2-6,9-10,13-21H2,1H3. The number of nitrogens with zero attached hydrogens (tertiary/aromatic N) is 2. The Hall–Kier alpha value is -1.55. The summed E-state index contributed by atoms with van der Waals surface area (Å²) < 4.78 is 6.76. The summed E-state index contributed by atoms with van der Waals surface area (Å²) in [5.74, 6) is 2.50. The molecule has 0 radical (unpaired) electrons. The van der Waals surface area contributed by atoms with Crippen molar-refractivity contribution >= 4 is 5.91 Å². The summed E-state index contributed by atoms with van der Waals surface area (Å²) in [6, 6.07) is 9.03. The van der Waals surface area contributed by atoms with Crippen LogP contribution in [0.5, 0.6) is 5.75 Å². The Morgan fingerprint density at radius 1 is 1.00 bits per heavy atom. The SMILES string of the molecule is CN(CC1CCCCCCC1)C1CCC2(CC1)CN(C(=O)C1CC1)Cc1ccccc1O2. The Balaban J connectivity index is 1.24. The van der Waals surface area contributed by atoms with E-state index in [0.717, 1.165) is 43.9 Å². The Morgan fingerprint density at radius 2 is 1.69 bits per heavy atom. The molecule has 1 aromatic rings. The van der Waals surface area contributed by atoms with E-state index in [4.69, 9.17) is 4.74 Å². The fourth-order valence-corrected chi connectivity index (χ4v) is 6.46. The van der Waals surface area contributed by atoms with Crippen LogP contribution in [0, 0.1) is 11.8 Å². The summed E-state index contributed by atoms with van der Waals surface area (Å²) in [7, 11) is 2.35. The molecule has 3 aliphatic carbocycles. The number of carbonyl (C=O) groups excluding carboxylic acids is 1. The third-order valence-electron chi connectivity index (χ3n) is 8.64. The number of rotatable bonds is 4. The van der Waals surface area contributed by atoms with Gasteiger partial charge in [0, 0.05) is 30.6 Å². The van der Waals surface area contributed by atoms with E-state index in [9.17, 15) is 4.79 Å². The molecule has 32 heavy (non-hydrogen) atoms. The van der Waals surface area contributed by atoms with Gasteiger partial charge in [0.15, 0.2) is 0 Å². The van der Waals surface area contributed by atoms with Crippen molar-refractivity contribution in [2.75, 3.05) is 20.1 Å². The molecular weight excluding hydrogens is 396 g/mol. The van der Waals surface area contributed by atoms with Crippen LogP contribution < -0.4 is 4.74 Å². The lowest BCUT2D eigenvalue weighted by Gasteiger charge is -2.44. The van der Waals surface area contributed by atoms with E-state index in [1.54, 1.807) is 0 Å². The molecule has 5 rings (SSSR count). The maximum absolute atomic E-state index is 13.1. The van der Waals surface area contributed by atoms with Crippen molar-refractivity contribution in [1.82, 2.24) is 9.80 Å². The minimum absolute atomic E-state index is 0.214. The highest BCUT2D eigenvalue weighted by Crippen LogP contribution is 2.41. The normalized spacial score (nSPS) is 29.7. The van der Waals surface area contributed by atoms with Crippen LogP contribution in [0.1, 0.15) is 89.0 Å². The molecule has 1 heterocycles. The van der Waals surface area contributed by atoms with Gasteiger partial charge in [0.25, 0.3) is 0 Å². The van der Waals surface area contributed by atoms with Crippen molar-refractivity contribution in [2.24, 2.45) is 11.8 Å². The van der Waals surface area contributed by atoms with Gasteiger partial charge in [0.05, 0.1) is 6.54 Å². The smallest absolute Gasteiger partial charge is 0.226 e. The molecule has 1 aliphatic heterocycles. The highest BCUT2D eigenvalue weighted by atomic mass is 16.5. The molecule has 0 atom stereocenters. The number of hydrogen-bond acceptors (Lipinski definition) is 3. The number of amides is 1. The van der Waals surface area contributed by atoms with E-state index in [1.165, 1.54) is 69.9 Å². The zero-order valence-corrected chi connectivity index (χ0v) is 20.1. The van der Waals surface area contributed by atoms with E-state index >= 15 is 0 Å². The molecule has 3 fully saturated rings. The maximum atomic E-state index is 13.1. The van der Waals surface area contributed by atoms with Crippen molar-refractivity contribution in [3.8, 4) is 5.75 Å². The molecule has 176 valence electrons. The Labute approximate surface area is 194 Å². The second kappa shape index (κ2) is 9.75. The third-order valence-corrected chi connectivity index (χ3v) is 8.64. The van der Waals surface area contributed by atoms with Crippen LogP contribution in [-0.2, 0) is 11.3 Å². The van der Waals surface area contributed by atoms with Gasteiger partial charge in [-0.2, -0.15) is 0 Å². The molecule has 0 aromatic heterocycles. The minimum atomic E-state index is -0.214. The quantitative estimate of drug-likeness (QED) is 0.596. The average molecular weight is 439 g/mol. The highest BCUT2D eigenvalue weighted by molar-refractivity contribution is 5.81. The molecule has 1 aromatic carbocycles. The molecule has 1 amide bonds. The topological polar surface area (TPSA) is 32.8 Å². The lowest BCUT2D eigenvalue weighted by Crippen LogP contribution is -2.52. The Kier molecular flexibility index (Phi) is 6.78. The number of para-hydroxylation sites is 1. The summed E-state index contributed by atoms with van der Waals surface area (Å²) in [4.78, 5) is 17.8. The van der Waals surface area contributed by atoms with Crippen molar-refractivity contribution in [3.63, 3.8) is 0 Å². The first-order valence-corrected chi connectivity index (χ1v) is 13.4. The lowest BCUT2D eigenvalue weighted by molar-refractivity contribution is -0.136. The van der Waals surface area contributed by atoms with Crippen molar-refractivity contribution in [3.05, 3.63) is 29.8 Å². The molecule has 4 heteroatoms. The van der Waals surface area contributed by atoms with Gasteiger partial charge in [-0.1, -0.05) is 50.3 Å². The van der Waals surface area contributed by atoms with Crippen molar-refractivity contribution in [1.29, 1.82) is 0 Å². The third kappa shape index (κ3) is 5.16. The van der Waals surface area contributed by atoms with Crippen LogP contribution in [-0.4, -0.2) is 47.5 Å². The van der Waals surface area contributed by atoms with Crippen LogP contribution in [0.2, 0.25) is 0 Å². The van der Waals surface area contributed by atoms with Crippen LogP contribution in [0.25, 0.3) is 0 Å². The first-order chi connectivity index (χ1) is 15.6. The predicted molar refractivity (Wildman–Crippen MR) is 129 cm³/mol. The molecule has 0 unspecified atom stereocenters. The summed E-state index contributed by atoms with van der Waals surface area (Å²) in [6.07, 6.45) is 16.6. The second-order valence-corrected chi connectivity index (χ2v) is 11.2. The van der Waals surface area contributed by atoms with E-state index in [2.05, 4.69) is 41.1 Å². The zero-order chi connectivity index (χ0) is 22.0. The molecule has 4 nitrogen and oxygen atoms in total. The number of ether oxygens (including phenoxy) is 1. The number of fused-ring (bicyclic) bond motifs is 1. The van der Waals surface area contributed by atoms with E-state index in [0.29, 0.717) is 18.5 Å². The largest absolute Gasteiger partial charge is 0.485 e. The first-order valence-electron chi connectivity index (χ1n) is 13.4. The van der Waals surface area contributed by atoms with Crippen LogP contribution in [0.15, 0.2) is 24.3 Å². The molecule has 1 spiro atoms. The summed E-state index contributed by atoms with van der Waals surface area (Å²) in [5.41, 5.74) is 0.955. The Bertz CT molecular complexity index is 773. The maximum Gasteiger partial charge on any atom is 0.226 e. The molecular formula is C28H42N2O2. The average Bonchev–Trinajstić information content (AvgIpc) is 3.62. The first kappa shape index (κ1) is 22.3. The second-order valence-electron chi connectivity index (χ2n) is 11.2. The van der Waals surface area contributed by atoms with Gasteiger partial charge in [-0.3, -0.25) is 4.79 Å². The van der Waals surface area contributed by atoms with Gasteiger partial charge in [-0.15, -0.1) is 0 Å². The van der Waals surface area contributed by atoms with Crippen LogP contribution in [0.4, 0.5) is 0 Å². The van der Waals surface area contributed by atoms with Crippen LogP contribution in [0.3, 0.4) is 0 Å². The van der Waals surface area contributed by atoms with Crippen LogP contribution >= 0.6 is 0 Å². The van der Waals surface area contributed by atoms with Gasteiger partial charge >= 0.3 is 0 Å². The molecule has 3 saturated carbocycles. The minimum Gasteiger partial charge on any atom is -0.485 e. The summed E-state index contributed by atoms with van der Waals surface area (Å²) >= 11 is 0. The van der Waals surface area contributed by atoms with Gasteiger partial charge in [-0.25, -0.2) is 0 Å². The van der Waals surface area contributed by atoms with E-state index in [-0.39, 0.29) is 11.5 Å². The fourth-order valence-electron chi connectivity index (χ4n) is 6.46. The van der Waals surface area contributed by atoms with Crippen molar-refractivity contribution < 1.29 is 9.53 Å². The highest BCUT2D eigenvalue weighted by Gasteiger charge is 2.45. The monoisotopic (exact) mass is 438 g/mol. The van der Waals surface area contributed by atoms with E-state index in [1.807, 2.05) is 0 Å². The fraction of sp³-hybridized carbons (Fsp3) is 0.750. The molecule has 4 aliphatic rings. The van der Waals surface area contributed by atoms with Gasteiger partial charge in [-0.05, 0) is 70.4 Å². The van der Waals surface area contributed by atoms with Gasteiger partial charge < -0.3 is 14.5 Å². The number of benzene rings is 1. The zero-order valence-electron chi connectivity index (χ0n) is 20.1. The Morgan fingerprint density at radius 3 is 2.41 bits per heavy atom. The number of carbonyl (C=O) groups is 1.